The van der Waals surface area contributed by atoms with Crippen LogP contribution in [0.25, 0.3) is 0 Å². The van der Waals surface area contributed by atoms with Gasteiger partial charge in [-0.3, -0.25) is 9.59 Å². The average Bonchev–Trinajstić information content (AvgIpc) is 2.39. The molecule has 2 aliphatic rings. The van der Waals surface area contributed by atoms with Crippen LogP contribution >= 0.6 is 11.8 Å². The van der Waals surface area contributed by atoms with Gasteiger partial charge < -0.3 is 16.0 Å². The highest BCUT2D eigenvalue weighted by Crippen LogP contribution is 2.27. The van der Waals surface area contributed by atoms with Gasteiger partial charge in [-0.25, -0.2) is 0 Å². The van der Waals surface area contributed by atoms with Crippen molar-refractivity contribution in [3.05, 3.63) is 0 Å². The van der Waals surface area contributed by atoms with Crippen molar-refractivity contribution in [2.75, 3.05) is 25.4 Å². The van der Waals surface area contributed by atoms with Crippen LogP contribution in [0.2, 0.25) is 0 Å². The van der Waals surface area contributed by atoms with E-state index in [4.69, 9.17) is 5.73 Å². The molecule has 0 aromatic rings. The zero-order valence-electron chi connectivity index (χ0n) is 9.85. The summed E-state index contributed by atoms with van der Waals surface area (Å²) in [6.07, 6.45) is 3.23. The second-order valence-corrected chi connectivity index (χ2v) is 5.82. The highest BCUT2D eigenvalue weighted by molar-refractivity contribution is 8.00. The molecular weight excluding hydrogens is 238 g/mol. The lowest BCUT2D eigenvalue weighted by Gasteiger charge is -2.37. The molecule has 0 aromatic carbocycles. The van der Waals surface area contributed by atoms with Crippen LogP contribution in [0, 0.1) is 0 Å². The van der Waals surface area contributed by atoms with E-state index in [-0.39, 0.29) is 11.2 Å². The topological polar surface area (TPSA) is 75.4 Å². The van der Waals surface area contributed by atoms with Crippen molar-refractivity contribution in [2.24, 2.45) is 5.73 Å². The van der Waals surface area contributed by atoms with Crippen molar-refractivity contribution in [2.45, 2.75) is 30.6 Å². The molecule has 0 spiro atoms. The monoisotopic (exact) mass is 257 g/mol. The molecule has 0 radical (unpaired) electrons. The van der Waals surface area contributed by atoms with Gasteiger partial charge in [-0.15, -0.1) is 11.8 Å². The van der Waals surface area contributed by atoms with E-state index in [2.05, 4.69) is 5.32 Å². The summed E-state index contributed by atoms with van der Waals surface area (Å²) in [4.78, 5) is 25.3. The number of nitrogens with zero attached hydrogens (tertiary/aromatic N) is 1. The smallest absolute Gasteiger partial charge is 0.241 e. The van der Waals surface area contributed by atoms with Crippen molar-refractivity contribution < 1.29 is 9.59 Å². The minimum Gasteiger partial charge on any atom is -0.368 e. The van der Waals surface area contributed by atoms with Gasteiger partial charge in [0, 0.05) is 19.6 Å². The molecule has 3 N–H and O–H groups in total. The quantitative estimate of drug-likeness (QED) is 0.703. The van der Waals surface area contributed by atoms with E-state index >= 15 is 0 Å². The Labute approximate surface area is 105 Å². The molecule has 2 rings (SSSR count). The van der Waals surface area contributed by atoms with Crippen molar-refractivity contribution in [3.63, 3.8) is 0 Å². The molecule has 0 bridgehead atoms. The van der Waals surface area contributed by atoms with Gasteiger partial charge in [0.15, 0.2) is 0 Å². The van der Waals surface area contributed by atoms with Gasteiger partial charge in [-0.1, -0.05) is 6.42 Å². The summed E-state index contributed by atoms with van der Waals surface area (Å²) in [6, 6.07) is -0.473. The Morgan fingerprint density at radius 2 is 2.18 bits per heavy atom. The Balaban J connectivity index is 2.02. The van der Waals surface area contributed by atoms with Crippen LogP contribution in [-0.2, 0) is 9.59 Å². The van der Waals surface area contributed by atoms with Gasteiger partial charge in [0.2, 0.25) is 11.8 Å². The maximum absolute atomic E-state index is 12.3. The standard InChI is InChI=1S/C11H19N3O2S/c12-10(15)8-7-13-4-5-14(8)11(16)9-3-1-2-6-17-9/h8-9,13H,1-7H2,(H2,12,15). The van der Waals surface area contributed by atoms with Crippen LogP contribution in [-0.4, -0.2) is 53.4 Å². The number of piperazine rings is 1. The first kappa shape index (κ1) is 12.7. The second-order valence-electron chi connectivity index (χ2n) is 4.51. The lowest BCUT2D eigenvalue weighted by atomic mass is 10.1. The van der Waals surface area contributed by atoms with Crippen LogP contribution in [0.5, 0.6) is 0 Å². The first-order valence-corrected chi connectivity index (χ1v) is 7.17. The molecule has 2 atom stereocenters. The summed E-state index contributed by atoms with van der Waals surface area (Å²) in [5, 5.41) is 3.13. The minimum atomic E-state index is -0.473. The number of hydrogen-bond acceptors (Lipinski definition) is 4. The van der Waals surface area contributed by atoms with Crippen LogP contribution in [0.15, 0.2) is 0 Å². The Bertz CT molecular complexity index is 305. The largest absolute Gasteiger partial charge is 0.368 e. The molecule has 0 aliphatic carbocycles. The minimum absolute atomic E-state index is 0.0312. The van der Waals surface area contributed by atoms with E-state index in [1.165, 1.54) is 6.42 Å². The summed E-state index contributed by atoms with van der Waals surface area (Å²) in [6.45, 7) is 1.81. The van der Waals surface area contributed by atoms with E-state index in [0.29, 0.717) is 13.1 Å². The third-order valence-electron chi connectivity index (χ3n) is 3.31. The number of carbonyl (C=O) groups excluding carboxylic acids is 2. The number of amides is 2. The third-order valence-corrected chi connectivity index (χ3v) is 4.67. The number of hydrogen-bond donors (Lipinski definition) is 2. The van der Waals surface area contributed by atoms with Crippen molar-refractivity contribution >= 4 is 23.6 Å². The molecule has 2 heterocycles. The summed E-state index contributed by atoms with van der Waals surface area (Å²) >= 11 is 1.71. The summed E-state index contributed by atoms with van der Waals surface area (Å²) in [5.74, 6) is 0.732. The fourth-order valence-electron chi connectivity index (χ4n) is 2.34. The number of nitrogens with two attached hydrogens (primary N) is 1. The fraction of sp³-hybridized carbons (Fsp3) is 0.818. The first-order valence-electron chi connectivity index (χ1n) is 6.12. The summed E-state index contributed by atoms with van der Waals surface area (Å²) < 4.78 is 0. The van der Waals surface area contributed by atoms with Crippen molar-refractivity contribution in [1.82, 2.24) is 10.2 Å². The number of carbonyl (C=O) groups is 2. The van der Waals surface area contributed by atoms with Gasteiger partial charge in [-0.05, 0) is 18.6 Å². The van der Waals surface area contributed by atoms with Gasteiger partial charge in [-0.2, -0.15) is 0 Å². The van der Waals surface area contributed by atoms with Crippen molar-refractivity contribution in [3.8, 4) is 0 Å². The molecule has 96 valence electrons. The van der Waals surface area contributed by atoms with E-state index in [1.54, 1.807) is 16.7 Å². The lowest BCUT2D eigenvalue weighted by molar-refractivity contribution is -0.140. The molecule has 2 amide bonds. The zero-order valence-corrected chi connectivity index (χ0v) is 10.7. The van der Waals surface area contributed by atoms with E-state index < -0.39 is 11.9 Å². The molecule has 2 aliphatic heterocycles. The zero-order chi connectivity index (χ0) is 12.3. The molecule has 2 saturated heterocycles. The predicted molar refractivity (Wildman–Crippen MR) is 67.7 cm³/mol. The second kappa shape index (κ2) is 5.73. The van der Waals surface area contributed by atoms with E-state index in [9.17, 15) is 9.59 Å². The van der Waals surface area contributed by atoms with Crippen LogP contribution in [0.3, 0.4) is 0 Å². The van der Waals surface area contributed by atoms with Crippen LogP contribution in [0.1, 0.15) is 19.3 Å². The fourth-order valence-corrected chi connectivity index (χ4v) is 3.61. The van der Waals surface area contributed by atoms with Gasteiger partial charge >= 0.3 is 0 Å². The maximum atomic E-state index is 12.3. The summed E-state index contributed by atoms with van der Waals surface area (Å²) in [5.41, 5.74) is 5.35. The Hall–Kier alpha value is -0.750. The average molecular weight is 257 g/mol. The van der Waals surface area contributed by atoms with E-state index in [0.717, 1.165) is 25.1 Å². The Morgan fingerprint density at radius 1 is 1.35 bits per heavy atom. The van der Waals surface area contributed by atoms with Crippen molar-refractivity contribution in [1.29, 1.82) is 0 Å². The molecule has 0 saturated carbocycles. The van der Waals surface area contributed by atoms with E-state index in [1.807, 2.05) is 0 Å². The molecule has 2 unspecified atom stereocenters. The van der Waals surface area contributed by atoms with Gasteiger partial charge in [0.05, 0.1) is 5.25 Å². The number of rotatable bonds is 2. The Kier molecular flexibility index (Phi) is 4.28. The van der Waals surface area contributed by atoms with Crippen LogP contribution < -0.4 is 11.1 Å². The lowest BCUT2D eigenvalue weighted by Crippen LogP contribution is -2.60. The third kappa shape index (κ3) is 2.93. The van der Waals surface area contributed by atoms with Crippen LogP contribution in [0.4, 0.5) is 0 Å². The van der Waals surface area contributed by atoms with Gasteiger partial charge in [0.25, 0.3) is 0 Å². The first-order chi connectivity index (χ1) is 8.20. The normalized spacial score (nSPS) is 30.0. The Morgan fingerprint density at radius 3 is 2.82 bits per heavy atom. The number of primary amides is 1. The summed E-state index contributed by atoms with van der Waals surface area (Å²) in [7, 11) is 0. The molecule has 6 heteroatoms. The predicted octanol–water partition coefficient (Wildman–Crippen LogP) is -0.442. The molecule has 2 fully saturated rings. The molecule has 5 nitrogen and oxygen atoms in total. The molecule has 17 heavy (non-hydrogen) atoms. The molecular formula is C11H19N3O2S. The SMILES string of the molecule is NC(=O)C1CNCCN1C(=O)C1CCCCS1. The highest BCUT2D eigenvalue weighted by atomic mass is 32.2. The number of thioether (sulfide) groups is 1. The molecule has 0 aromatic heterocycles. The van der Waals surface area contributed by atoms with Gasteiger partial charge in [0.1, 0.15) is 6.04 Å². The maximum Gasteiger partial charge on any atom is 0.241 e. The number of nitrogens with one attached hydrogen (secondary N) is 1. The highest BCUT2D eigenvalue weighted by Gasteiger charge is 2.34.